The Balaban J connectivity index is 1.14. The van der Waals surface area contributed by atoms with E-state index in [0.29, 0.717) is 22.5 Å². The first kappa shape index (κ1) is 35.5. The van der Waals surface area contributed by atoms with Gasteiger partial charge in [0.2, 0.25) is 0 Å². The molecule has 4 heteroatoms. The van der Waals surface area contributed by atoms with Gasteiger partial charge in [0.15, 0.2) is 8.07 Å². The van der Waals surface area contributed by atoms with E-state index in [2.05, 4.69) is 195 Å². The van der Waals surface area contributed by atoms with Crippen LogP contribution in [0.1, 0.15) is 45.6 Å². The van der Waals surface area contributed by atoms with Crippen molar-refractivity contribution in [2.24, 2.45) is 0 Å². The second-order valence-electron chi connectivity index (χ2n) is 21.0. The number of nitrogens with zero attached hydrogens (tertiary/aromatic N) is 2. The molecule has 11 aromatic carbocycles. The van der Waals surface area contributed by atoms with Crippen LogP contribution in [0, 0.1) is 6.92 Å². The van der Waals surface area contributed by atoms with Crippen molar-refractivity contribution in [3.05, 3.63) is 272 Å². The van der Waals surface area contributed by atoms with E-state index >= 15 is 0 Å². The first-order valence-corrected chi connectivity index (χ1v) is 27.6. The summed E-state index contributed by atoms with van der Waals surface area (Å²) < 4.78 is 88.7. The van der Waals surface area contributed by atoms with Gasteiger partial charge in [0.1, 0.15) is 0 Å². The van der Waals surface area contributed by atoms with Gasteiger partial charge in [-0.25, -0.2) is 0 Å². The largest absolute Gasteiger partial charge is 0.311 e. The third-order valence-electron chi connectivity index (χ3n) is 15.7. The summed E-state index contributed by atoms with van der Waals surface area (Å²) in [4.78, 5) is 4.62. The van der Waals surface area contributed by atoms with Crippen molar-refractivity contribution in [2.45, 2.75) is 33.1 Å². The second-order valence-corrected chi connectivity index (χ2v) is 24.7. The summed E-state index contributed by atoms with van der Waals surface area (Å²) in [6.45, 7) is 8.38. The van der Waals surface area contributed by atoms with Crippen LogP contribution in [0.15, 0.2) is 261 Å². The van der Waals surface area contributed by atoms with Crippen molar-refractivity contribution in [3.63, 3.8) is 0 Å². The number of hydrogen-bond acceptors (Lipinski definition) is 2. The molecule has 2 nitrogen and oxygen atoms in total. The van der Waals surface area contributed by atoms with Crippen LogP contribution in [-0.4, -0.2) is 14.8 Å². The highest BCUT2D eigenvalue weighted by atomic mass is 28.3. The topological polar surface area (TPSA) is 6.48 Å². The van der Waals surface area contributed by atoms with Crippen LogP contribution in [0.3, 0.4) is 0 Å². The highest BCUT2D eigenvalue weighted by Gasteiger charge is 2.51. The molecule has 0 saturated carbocycles. The lowest BCUT2D eigenvalue weighted by Crippen LogP contribution is -2.73. The van der Waals surface area contributed by atoms with Gasteiger partial charge in [-0.1, -0.05) is 233 Å². The molecule has 356 valence electrons. The first-order chi connectivity index (χ1) is 40.9. The van der Waals surface area contributed by atoms with Gasteiger partial charge in [-0.2, -0.15) is 0 Å². The van der Waals surface area contributed by atoms with E-state index in [1.165, 1.54) is 37.4 Å². The molecule has 0 radical (unpaired) electrons. The summed E-state index contributed by atoms with van der Waals surface area (Å²) in [6, 6.07) is 67.1. The molecule has 3 aliphatic heterocycles. The average Bonchev–Trinajstić information content (AvgIpc) is 2.12. The molecule has 0 unspecified atom stereocenters. The van der Waals surface area contributed by atoms with E-state index in [-0.39, 0.29) is 40.7 Å². The van der Waals surface area contributed by atoms with Crippen molar-refractivity contribution in [2.75, 3.05) is 9.80 Å². The van der Waals surface area contributed by atoms with Crippen molar-refractivity contribution in [1.82, 2.24) is 0 Å². The summed E-state index contributed by atoms with van der Waals surface area (Å²) in [7, 11) is -3.11. The maximum atomic E-state index is 9.26. The molecule has 3 aliphatic rings. The monoisotopic (exact) mass is 984 g/mol. The number of anilines is 6. The number of rotatable bonds is 7. The predicted octanol–water partition coefficient (Wildman–Crippen LogP) is 13.7. The zero-order valence-corrected chi connectivity index (χ0v) is 43.0. The van der Waals surface area contributed by atoms with E-state index in [0.717, 1.165) is 55.8 Å². The van der Waals surface area contributed by atoms with Crippen LogP contribution in [-0.2, 0) is 5.41 Å². The zero-order chi connectivity index (χ0) is 59.1. The van der Waals surface area contributed by atoms with Crippen LogP contribution in [0.25, 0.3) is 44.5 Å². The summed E-state index contributed by atoms with van der Waals surface area (Å²) in [6.07, 6.45) is 0. The molecule has 0 N–H and O–H groups in total. The van der Waals surface area contributed by atoms with Gasteiger partial charge in [-0.15, -0.1) is 0 Å². The van der Waals surface area contributed by atoms with Gasteiger partial charge in [0.05, 0.1) is 19.4 Å². The smallest absolute Gasteiger partial charge is 0.252 e. The Morgan fingerprint density at radius 3 is 1.65 bits per heavy atom. The molecular formula is C71H55BN2Si. The van der Waals surface area contributed by atoms with E-state index in [1.54, 1.807) is 6.07 Å². The fourth-order valence-corrected chi connectivity index (χ4v) is 17.6. The van der Waals surface area contributed by atoms with Crippen LogP contribution in [0.2, 0.25) is 0 Å². The molecule has 0 aromatic heterocycles. The average molecular weight is 985 g/mol. The number of hydrogen-bond donors (Lipinski definition) is 0. The lowest BCUT2D eigenvalue weighted by molar-refractivity contribution is 0.590. The number of aryl methyl sites for hydroxylation is 1. The molecule has 75 heavy (non-hydrogen) atoms. The molecule has 0 amide bonds. The normalized spacial score (nSPS) is 15.5. The van der Waals surface area contributed by atoms with Crippen LogP contribution in [0.5, 0.6) is 0 Å². The molecule has 0 atom stereocenters. The van der Waals surface area contributed by atoms with E-state index in [9.17, 15) is 2.74 Å². The minimum absolute atomic E-state index is 0.0636. The molecular weight excluding hydrogens is 920 g/mol. The lowest BCUT2D eigenvalue weighted by Gasteiger charge is -2.45. The Hall–Kier alpha value is -8.70. The summed E-state index contributed by atoms with van der Waals surface area (Å²) in [5.41, 5.74) is 15.5. The van der Waals surface area contributed by atoms with Gasteiger partial charge < -0.3 is 9.80 Å². The van der Waals surface area contributed by atoms with Crippen LogP contribution < -0.4 is 46.9 Å². The molecule has 0 fully saturated rings. The van der Waals surface area contributed by atoms with Gasteiger partial charge >= 0.3 is 0 Å². The third-order valence-corrected chi connectivity index (χ3v) is 20.5. The maximum Gasteiger partial charge on any atom is 0.252 e. The van der Waals surface area contributed by atoms with Gasteiger partial charge in [0, 0.05) is 34.0 Å². The molecule has 14 rings (SSSR count). The van der Waals surface area contributed by atoms with E-state index in [1.807, 2.05) is 36.4 Å². The Morgan fingerprint density at radius 2 is 0.987 bits per heavy atom. The fourth-order valence-electron chi connectivity index (χ4n) is 12.4. The number of benzene rings is 11. The van der Waals surface area contributed by atoms with Crippen molar-refractivity contribution >= 4 is 86.0 Å². The van der Waals surface area contributed by atoms with E-state index in [4.69, 9.17) is 11.0 Å². The van der Waals surface area contributed by atoms with Gasteiger partial charge in [-0.3, -0.25) is 0 Å². The molecule has 0 aliphatic carbocycles. The van der Waals surface area contributed by atoms with Crippen molar-refractivity contribution in [3.8, 4) is 44.5 Å². The summed E-state index contributed by atoms with van der Waals surface area (Å²) in [5, 5.41) is 5.10. The second kappa shape index (κ2) is 17.5. The quantitative estimate of drug-likeness (QED) is 0.147. The van der Waals surface area contributed by atoms with E-state index < -0.39 is 51.0 Å². The lowest BCUT2D eigenvalue weighted by atomic mass is 9.33. The summed E-state index contributed by atoms with van der Waals surface area (Å²) in [5.74, 6) is 0. The molecule has 11 aromatic rings. The Morgan fingerprint density at radius 1 is 0.400 bits per heavy atom. The highest BCUT2D eigenvalue weighted by Crippen LogP contribution is 2.49. The Bertz CT molecular complexity index is 4530. The SMILES string of the molecule is [2H]c1c([2H])c([2H])c(-c2cccc(N3c4cc(-c5c([2H])c([2H])c([2H])c([2H])c5[2H])ccc4B4c5cc6c(cc5N(c5ccc(C(C)(C)C)cc5-c5ccccc5)c5cc(C)cc3c54)-c3ccccc3[Si]6(c3ccccc3)c3ccccc3)c2)c([2H])c1[2H]. The summed E-state index contributed by atoms with van der Waals surface area (Å²) >= 11 is 0. The third kappa shape index (κ3) is 7.08. The molecule has 3 heterocycles. The Labute approximate surface area is 457 Å². The molecule has 0 spiro atoms. The zero-order valence-electron chi connectivity index (χ0n) is 52.0. The first-order valence-electron chi connectivity index (χ1n) is 30.6. The fraction of sp³-hybridized carbons (Fsp3) is 0.0704. The van der Waals surface area contributed by atoms with Crippen LogP contribution >= 0.6 is 0 Å². The van der Waals surface area contributed by atoms with Crippen molar-refractivity contribution in [1.29, 1.82) is 0 Å². The predicted molar refractivity (Wildman–Crippen MR) is 323 cm³/mol. The Kier molecular flexibility index (Phi) is 8.26. The number of fused-ring (bicyclic) bond motifs is 7. The van der Waals surface area contributed by atoms with Crippen LogP contribution in [0.4, 0.5) is 34.1 Å². The molecule has 0 saturated heterocycles. The maximum absolute atomic E-state index is 9.26. The minimum atomic E-state index is -3.11. The standard InChI is InChI=1S/C71H55BN2Si/c1-48-41-66-70-67(42-48)74(63-40-38-54(71(2,3)4)45-59(63)51-27-14-7-15-28-51)65-46-60-58-35-20-21-36-68(58)75(56-31-16-8-17-32-56,57-33-18-9-19-34-57)69(60)47-62(65)72(70)61-39-37-53(50-25-12-6-13-26-50)44-64(61)73(66)55-30-22-29-52(43-55)49-23-10-5-11-24-49/h5-47H,1-4H3/i5D,6D,10D,11D,12D,13D,23D,24D,25D,26D. The minimum Gasteiger partial charge on any atom is -0.311 e. The van der Waals surface area contributed by atoms with Gasteiger partial charge in [0.25, 0.3) is 6.71 Å². The van der Waals surface area contributed by atoms with Crippen molar-refractivity contribution < 1.29 is 13.7 Å². The van der Waals surface area contributed by atoms with Gasteiger partial charge in [-0.05, 0) is 148 Å². The highest BCUT2D eigenvalue weighted by molar-refractivity contribution is 7.22. The molecule has 0 bridgehead atoms.